The zero-order valence-electron chi connectivity index (χ0n) is 11.0. The maximum atomic E-state index is 5.78. The molecule has 0 saturated heterocycles. The summed E-state index contributed by atoms with van der Waals surface area (Å²) in [5.74, 6) is 0. The Bertz CT molecular complexity index is 514. The van der Waals surface area contributed by atoms with Crippen LogP contribution >= 0.6 is 0 Å². The number of hydrogen-bond donors (Lipinski definition) is 0. The number of nitrogens with zero attached hydrogens (tertiary/aromatic N) is 2. The number of rotatable bonds is 4. The second-order valence-corrected chi connectivity index (χ2v) is 11.2. The Morgan fingerprint density at radius 3 is 2.59 bits per heavy atom. The van der Waals surface area contributed by atoms with Crippen molar-refractivity contribution in [2.45, 2.75) is 25.7 Å². The molecule has 17 heavy (non-hydrogen) atoms. The molecule has 0 atom stereocenters. The zero-order valence-corrected chi connectivity index (χ0v) is 12.0. The lowest BCUT2D eigenvalue weighted by Gasteiger charge is -2.15. The molecular weight excluding hydrogens is 228 g/mol. The van der Waals surface area contributed by atoms with Crippen LogP contribution in [0.3, 0.4) is 0 Å². The Morgan fingerprint density at radius 2 is 1.94 bits per heavy atom. The molecule has 0 fully saturated rings. The van der Waals surface area contributed by atoms with E-state index in [2.05, 4.69) is 30.7 Å². The smallest absolute Gasteiger partial charge is 0.297 e. The van der Waals surface area contributed by atoms with Gasteiger partial charge in [-0.05, 0) is 18.2 Å². The van der Waals surface area contributed by atoms with Crippen molar-refractivity contribution in [2.24, 2.45) is 7.05 Å². The fraction of sp³-hybridized carbons (Fsp3) is 0.462. The largest absolute Gasteiger partial charge is 0.465 e. The summed E-state index contributed by atoms with van der Waals surface area (Å²) >= 11 is 0. The van der Waals surface area contributed by atoms with Gasteiger partial charge in [0, 0.05) is 15.1 Å². The van der Waals surface area contributed by atoms with E-state index in [1.807, 2.05) is 29.8 Å². The van der Waals surface area contributed by atoms with Gasteiger partial charge in [0.15, 0.2) is 0 Å². The van der Waals surface area contributed by atoms with Crippen molar-refractivity contribution in [3.8, 4) is 6.01 Å². The second kappa shape index (κ2) is 4.53. The highest BCUT2D eigenvalue weighted by molar-refractivity contribution is 6.76. The van der Waals surface area contributed by atoms with Gasteiger partial charge in [-0.2, -0.15) is 4.98 Å². The van der Waals surface area contributed by atoms with E-state index in [4.69, 9.17) is 4.74 Å². The van der Waals surface area contributed by atoms with Crippen molar-refractivity contribution in [3.63, 3.8) is 0 Å². The molecular formula is C13H20N2OSi. The van der Waals surface area contributed by atoms with Crippen LogP contribution in [0, 0.1) is 0 Å². The van der Waals surface area contributed by atoms with Crippen LogP contribution in [-0.2, 0) is 7.05 Å². The SMILES string of the molecule is Cn1c(OCC[Si](C)(C)C)nc2ccccc21. The van der Waals surface area contributed by atoms with Crippen LogP contribution in [0.4, 0.5) is 0 Å². The first-order chi connectivity index (χ1) is 7.97. The van der Waals surface area contributed by atoms with Crippen LogP contribution in [0.15, 0.2) is 24.3 Å². The highest BCUT2D eigenvalue weighted by atomic mass is 28.3. The van der Waals surface area contributed by atoms with Gasteiger partial charge in [-0.1, -0.05) is 31.8 Å². The predicted octanol–water partition coefficient (Wildman–Crippen LogP) is 3.29. The Morgan fingerprint density at radius 1 is 1.24 bits per heavy atom. The van der Waals surface area contributed by atoms with Gasteiger partial charge in [0.2, 0.25) is 0 Å². The number of ether oxygens (including phenoxy) is 1. The molecule has 4 heteroatoms. The average Bonchev–Trinajstić information content (AvgIpc) is 2.55. The molecule has 1 aromatic heterocycles. The molecule has 0 radical (unpaired) electrons. The first-order valence-corrected chi connectivity index (χ1v) is 9.72. The van der Waals surface area contributed by atoms with Gasteiger partial charge in [-0.3, -0.25) is 4.57 Å². The molecule has 0 aliphatic carbocycles. The van der Waals surface area contributed by atoms with Crippen LogP contribution in [-0.4, -0.2) is 24.2 Å². The van der Waals surface area contributed by atoms with Crippen LogP contribution < -0.4 is 4.74 Å². The molecule has 0 aliphatic heterocycles. The predicted molar refractivity (Wildman–Crippen MR) is 74.4 cm³/mol. The Kier molecular flexibility index (Phi) is 3.24. The van der Waals surface area contributed by atoms with Gasteiger partial charge in [-0.25, -0.2) is 0 Å². The Labute approximate surface area is 103 Å². The Hall–Kier alpha value is -1.29. The van der Waals surface area contributed by atoms with E-state index >= 15 is 0 Å². The fourth-order valence-electron chi connectivity index (χ4n) is 1.70. The maximum absolute atomic E-state index is 5.78. The van der Waals surface area contributed by atoms with Gasteiger partial charge in [0.05, 0.1) is 17.6 Å². The average molecular weight is 248 g/mol. The van der Waals surface area contributed by atoms with Crippen molar-refractivity contribution in [1.82, 2.24) is 9.55 Å². The van der Waals surface area contributed by atoms with E-state index in [0.29, 0.717) is 0 Å². The summed E-state index contributed by atoms with van der Waals surface area (Å²) in [4.78, 5) is 4.49. The number of benzene rings is 1. The van der Waals surface area contributed by atoms with E-state index in [9.17, 15) is 0 Å². The third-order valence-electron chi connectivity index (χ3n) is 2.83. The molecule has 1 heterocycles. The van der Waals surface area contributed by atoms with Gasteiger partial charge in [0.1, 0.15) is 0 Å². The number of aromatic nitrogens is 2. The van der Waals surface area contributed by atoms with Crippen molar-refractivity contribution < 1.29 is 4.74 Å². The summed E-state index contributed by atoms with van der Waals surface area (Å²) in [5, 5.41) is 0. The lowest BCUT2D eigenvalue weighted by atomic mass is 10.3. The standard InChI is InChI=1S/C13H20N2OSi/c1-15-12-8-6-5-7-11(12)14-13(15)16-9-10-17(2,3)4/h5-8H,9-10H2,1-4H3. The van der Waals surface area contributed by atoms with Crippen molar-refractivity contribution in [2.75, 3.05) is 6.61 Å². The van der Waals surface area contributed by atoms with Crippen molar-refractivity contribution in [3.05, 3.63) is 24.3 Å². The summed E-state index contributed by atoms with van der Waals surface area (Å²) in [5.41, 5.74) is 2.12. The van der Waals surface area contributed by atoms with Crippen LogP contribution in [0.5, 0.6) is 6.01 Å². The van der Waals surface area contributed by atoms with Gasteiger partial charge in [-0.15, -0.1) is 0 Å². The molecule has 3 nitrogen and oxygen atoms in total. The molecule has 0 bridgehead atoms. The molecule has 0 spiro atoms. The monoisotopic (exact) mass is 248 g/mol. The molecule has 92 valence electrons. The topological polar surface area (TPSA) is 27.1 Å². The minimum Gasteiger partial charge on any atom is -0.465 e. The van der Waals surface area contributed by atoms with Crippen molar-refractivity contribution in [1.29, 1.82) is 0 Å². The summed E-state index contributed by atoms with van der Waals surface area (Å²) in [7, 11) is 0.970. The first-order valence-electron chi connectivity index (χ1n) is 6.02. The van der Waals surface area contributed by atoms with E-state index < -0.39 is 8.07 Å². The number of hydrogen-bond acceptors (Lipinski definition) is 2. The minimum atomic E-state index is -1.03. The summed E-state index contributed by atoms with van der Waals surface area (Å²) in [6.45, 7) is 7.83. The van der Waals surface area contributed by atoms with E-state index in [0.717, 1.165) is 29.7 Å². The van der Waals surface area contributed by atoms with Gasteiger partial charge >= 0.3 is 0 Å². The lowest BCUT2D eigenvalue weighted by molar-refractivity contribution is 0.302. The molecule has 0 N–H and O–H groups in total. The van der Waals surface area contributed by atoms with E-state index in [1.54, 1.807) is 0 Å². The number of imidazole rings is 1. The summed E-state index contributed by atoms with van der Waals surface area (Å²) < 4.78 is 7.80. The third kappa shape index (κ3) is 2.88. The quantitative estimate of drug-likeness (QED) is 0.776. The van der Waals surface area contributed by atoms with Gasteiger partial charge < -0.3 is 4.74 Å². The van der Waals surface area contributed by atoms with Crippen LogP contribution in [0.1, 0.15) is 0 Å². The summed E-state index contributed by atoms with van der Waals surface area (Å²) in [6.07, 6.45) is 0. The summed E-state index contributed by atoms with van der Waals surface area (Å²) in [6, 6.07) is 9.99. The molecule has 0 amide bonds. The normalized spacial score (nSPS) is 12.0. The fourth-order valence-corrected chi connectivity index (χ4v) is 2.42. The highest BCUT2D eigenvalue weighted by Crippen LogP contribution is 2.20. The number of para-hydroxylation sites is 2. The Balaban J connectivity index is 2.11. The third-order valence-corrected chi connectivity index (χ3v) is 4.53. The van der Waals surface area contributed by atoms with E-state index in [-0.39, 0.29) is 0 Å². The maximum Gasteiger partial charge on any atom is 0.297 e. The van der Waals surface area contributed by atoms with Crippen LogP contribution in [0.25, 0.3) is 11.0 Å². The molecule has 0 aliphatic rings. The van der Waals surface area contributed by atoms with Gasteiger partial charge in [0.25, 0.3) is 6.01 Å². The molecule has 2 aromatic rings. The number of aryl methyl sites for hydroxylation is 1. The van der Waals surface area contributed by atoms with Crippen LogP contribution in [0.2, 0.25) is 25.7 Å². The number of fused-ring (bicyclic) bond motifs is 1. The molecule has 0 unspecified atom stereocenters. The molecule has 0 saturated carbocycles. The zero-order chi connectivity index (χ0) is 12.5. The lowest BCUT2D eigenvalue weighted by Crippen LogP contribution is -2.22. The molecule has 2 rings (SSSR count). The molecule has 1 aromatic carbocycles. The second-order valence-electron chi connectivity index (χ2n) is 5.60. The van der Waals surface area contributed by atoms with E-state index in [1.165, 1.54) is 0 Å². The first kappa shape index (κ1) is 12.2. The highest BCUT2D eigenvalue weighted by Gasteiger charge is 2.14. The van der Waals surface area contributed by atoms with Crippen molar-refractivity contribution >= 4 is 19.1 Å². The minimum absolute atomic E-state index is 0.726.